The van der Waals surface area contributed by atoms with E-state index in [-0.39, 0.29) is 12.5 Å². The fourth-order valence-electron chi connectivity index (χ4n) is 3.75. The molecule has 0 saturated carbocycles. The van der Waals surface area contributed by atoms with Crippen molar-refractivity contribution >= 4 is 11.6 Å². The van der Waals surface area contributed by atoms with Crippen LogP contribution in [0.3, 0.4) is 0 Å². The maximum absolute atomic E-state index is 11.8. The summed E-state index contributed by atoms with van der Waals surface area (Å²) in [5.41, 5.74) is 6.76. The number of piperidine rings is 1. The smallest absolute Gasteiger partial charge is 0.236 e. The number of amides is 1. The molecule has 0 aliphatic carbocycles. The van der Waals surface area contributed by atoms with Crippen LogP contribution in [-0.2, 0) is 4.79 Å². The van der Waals surface area contributed by atoms with Gasteiger partial charge in [-0.3, -0.25) is 9.69 Å². The van der Waals surface area contributed by atoms with Gasteiger partial charge in [-0.05, 0) is 37.1 Å². The van der Waals surface area contributed by atoms with Gasteiger partial charge in [0.2, 0.25) is 5.91 Å². The first-order valence-electron chi connectivity index (χ1n) is 8.82. The van der Waals surface area contributed by atoms with Crippen molar-refractivity contribution < 1.29 is 9.53 Å². The lowest BCUT2D eigenvalue weighted by atomic mass is 10.0. The monoisotopic (exact) mass is 332 g/mol. The molecule has 2 heterocycles. The van der Waals surface area contributed by atoms with Gasteiger partial charge in [0.1, 0.15) is 5.75 Å². The summed E-state index contributed by atoms with van der Waals surface area (Å²) in [6, 6.07) is 8.75. The summed E-state index contributed by atoms with van der Waals surface area (Å²) in [7, 11) is 1.69. The van der Waals surface area contributed by atoms with Gasteiger partial charge in [0.25, 0.3) is 0 Å². The van der Waals surface area contributed by atoms with E-state index in [9.17, 15) is 4.79 Å². The largest absolute Gasteiger partial charge is 0.497 e. The molecule has 2 N–H and O–H groups in total. The minimum Gasteiger partial charge on any atom is -0.497 e. The molecule has 2 fully saturated rings. The zero-order chi connectivity index (χ0) is 16.9. The molecule has 2 aliphatic rings. The highest BCUT2D eigenvalue weighted by Crippen LogP contribution is 2.23. The van der Waals surface area contributed by atoms with Crippen LogP contribution in [0, 0.1) is 0 Å². The van der Waals surface area contributed by atoms with Crippen LogP contribution in [-0.4, -0.2) is 74.7 Å². The standard InChI is InChI=1S/C18H28N4O2/c1-24-17-6-4-15(5-7-17)20-9-11-21(12-10-20)16-3-2-8-22(14-16)18(23)13-19/h4-7,16H,2-3,8-14,19H2,1H3. The minimum atomic E-state index is 0.0802. The lowest BCUT2D eigenvalue weighted by Crippen LogP contribution is -2.56. The molecule has 6 heteroatoms. The van der Waals surface area contributed by atoms with Gasteiger partial charge in [0.15, 0.2) is 0 Å². The maximum Gasteiger partial charge on any atom is 0.236 e. The van der Waals surface area contributed by atoms with E-state index in [0.717, 1.165) is 51.4 Å². The fourth-order valence-corrected chi connectivity index (χ4v) is 3.75. The molecule has 1 aromatic rings. The molecule has 2 saturated heterocycles. The zero-order valence-electron chi connectivity index (χ0n) is 14.5. The van der Waals surface area contributed by atoms with E-state index in [1.807, 2.05) is 17.0 Å². The summed E-state index contributed by atoms with van der Waals surface area (Å²) < 4.78 is 5.22. The van der Waals surface area contributed by atoms with Crippen LogP contribution in [0.15, 0.2) is 24.3 Å². The Kier molecular flexibility index (Phi) is 5.58. The Morgan fingerprint density at radius 1 is 1.17 bits per heavy atom. The number of hydrogen-bond donors (Lipinski definition) is 1. The first kappa shape index (κ1) is 17.0. The highest BCUT2D eigenvalue weighted by Gasteiger charge is 2.29. The van der Waals surface area contributed by atoms with Crippen LogP contribution in [0.5, 0.6) is 5.75 Å². The van der Waals surface area contributed by atoms with Crippen LogP contribution in [0.2, 0.25) is 0 Å². The Balaban J connectivity index is 1.53. The molecule has 3 rings (SSSR count). The quantitative estimate of drug-likeness (QED) is 0.882. The van der Waals surface area contributed by atoms with E-state index in [1.54, 1.807) is 7.11 Å². The highest BCUT2D eigenvalue weighted by atomic mass is 16.5. The highest BCUT2D eigenvalue weighted by molar-refractivity contribution is 5.78. The zero-order valence-corrected chi connectivity index (χ0v) is 14.5. The van der Waals surface area contributed by atoms with E-state index in [4.69, 9.17) is 10.5 Å². The van der Waals surface area contributed by atoms with Crippen LogP contribution < -0.4 is 15.4 Å². The van der Waals surface area contributed by atoms with E-state index < -0.39 is 0 Å². The van der Waals surface area contributed by atoms with Crippen molar-refractivity contribution in [1.29, 1.82) is 0 Å². The van der Waals surface area contributed by atoms with Crippen molar-refractivity contribution in [3.8, 4) is 5.75 Å². The summed E-state index contributed by atoms with van der Waals surface area (Å²) >= 11 is 0. The summed E-state index contributed by atoms with van der Waals surface area (Å²) in [6.07, 6.45) is 2.26. The Morgan fingerprint density at radius 3 is 2.50 bits per heavy atom. The topological polar surface area (TPSA) is 62.0 Å². The molecule has 24 heavy (non-hydrogen) atoms. The number of nitrogens with two attached hydrogens (primary N) is 1. The molecule has 1 aromatic carbocycles. The molecule has 0 bridgehead atoms. The second kappa shape index (κ2) is 7.85. The molecule has 1 unspecified atom stereocenters. The van der Waals surface area contributed by atoms with Gasteiger partial charge in [-0.1, -0.05) is 0 Å². The maximum atomic E-state index is 11.8. The first-order valence-corrected chi connectivity index (χ1v) is 8.82. The molecule has 132 valence electrons. The van der Waals surface area contributed by atoms with Crippen molar-refractivity contribution in [1.82, 2.24) is 9.80 Å². The predicted molar refractivity (Wildman–Crippen MR) is 95.4 cm³/mol. The van der Waals surface area contributed by atoms with Gasteiger partial charge in [-0.2, -0.15) is 0 Å². The molecule has 0 aromatic heterocycles. The Labute approximate surface area is 144 Å². The summed E-state index contributed by atoms with van der Waals surface area (Å²) in [5, 5.41) is 0. The third kappa shape index (κ3) is 3.82. The second-order valence-corrected chi connectivity index (χ2v) is 6.56. The normalized spacial score (nSPS) is 22.5. The number of carbonyl (C=O) groups excluding carboxylic acids is 1. The summed E-state index contributed by atoms with van der Waals surface area (Å²) in [6.45, 7) is 5.94. The van der Waals surface area contributed by atoms with E-state index in [1.165, 1.54) is 12.1 Å². The average molecular weight is 332 g/mol. The van der Waals surface area contributed by atoms with E-state index in [0.29, 0.717) is 6.04 Å². The van der Waals surface area contributed by atoms with E-state index >= 15 is 0 Å². The Morgan fingerprint density at radius 2 is 1.88 bits per heavy atom. The van der Waals surface area contributed by atoms with Crippen molar-refractivity contribution in [2.24, 2.45) is 5.73 Å². The van der Waals surface area contributed by atoms with Gasteiger partial charge in [-0.25, -0.2) is 0 Å². The number of piperazine rings is 1. The lowest BCUT2D eigenvalue weighted by Gasteiger charge is -2.44. The number of carbonyl (C=O) groups is 1. The number of rotatable bonds is 4. The number of likely N-dealkylation sites (tertiary alicyclic amines) is 1. The Bertz CT molecular complexity index is 540. The SMILES string of the molecule is COc1ccc(N2CCN(C3CCCN(C(=O)CN)C3)CC2)cc1. The molecule has 1 atom stereocenters. The fraction of sp³-hybridized carbons (Fsp3) is 0.611. The van der Waals surface area contributed by atoms with Crippen molar-refractivity contribution in [2.45, 2.75) is 18.9 Å². The van der Waals surface area contributed by atoms with Gasteiger partial charge in [-0.15, -0.1) is 0 Å². The number of methoxy groups -OCH3 is 1. The molecule has 6 nitrogen and oxygen atoms in total. The summed E-state index contributed by atoms with van der Waals surface area (Å²) in [4.78, 5) is 18.7. The predicted octanol–water partition coefficient (Wildman–Crippen LogP) is 0.767. The number of hydrogen-bond acceptors (Lipinski definition) is 5. The van der Waals surface area contributed by atoms with Crippen molar-refractivity contribution in [3.05, 3.63) is 24.3 Å². The van der Waals surface area contributed by atoms with Gasteiger partial charge in [0.05, 0.1) is 13.7 Å². The van der Waals surface area contributed by atoms with Crippen molar-refractivity contribution in [2.75, 3.05) is 57.8 Å². The molecule has 1 amide bonds. The lowest BCUT2D eigenvalue weighted by molar-refractivity contribution is -0.131. The summed E-state index contributed by atoms with van der Waals surface area (Å²) in [5.74, 6) is 0.973. The number of anilines is 1. The molecular weight excluding hydrogens is 304 g/mol. The molecule has 2 aliphatic heterocycles. The van der Waals surface area contributed by atoms with Gasteiger partial charge < -0.3 is 20.3 Å². The molecule has 0 radical (unpaired) electrons. The van der Waals surface area contributed by atoms with Crippen molar-refractivity contribution in [3.63, 3.8) is 0 Å². The third-order valence-corrected chi connectivity index (χ3v) is 5.19. The van der Waals surface area contributed by atoms with Crippen LogP contribution in [0.1, 0.15) is 12.8 Å². The average Bonchev–Trinajstić information content (AvgIpc) is 2.67. The number of benzene rings is 1. The Hall–Kier alpha value is -1.79. The minimum absolute atomic E-state index is 0.0802. The number of nitrogens with zero attached hydrogens (tertiary/aromatic N) is 3. The van der Waals surface area contributed by atoms with Gasteiger partial charge >= 0.3 is 0 Å². The first-order chi connectivity index (χ1) is 11.7. The third-order valence-electron chi connectivity index (χ3n) is 5.19. The molecule has 0 spiro atoms. The number of ether oxygens (including phenoxy) is 1. The van der Waals surface area contributed by atoms with Crippen LogP contribution in [0.4, 0.5) is 5.69 Å². The van der Waals surface area contributed by atoms with Gasteiger partial charge in [0, 0.05) is 51.0 Å². The van der Waals surface area contributed by atoms with Crippen LogP contribution >= 0.6 is 0 Å². The van der Waals surface area contributed by atoms with E-state index in [2.05, 4.69) is 21.9 Å². The second-order valence-electron chi connectivity index (χ2n) is 6.56. The van der Waals surface area contributed by atoms with Crippen LogP contribution in [0.25, 0.3) is 0 Å². The molecular formula is C18H28N4O2.